The van der Waals surface area contributed by atoms with Gasteiger partial charge in [0, 0.05) is 24.3 Å². The van der Waals surface area contributed by atoms with Crippen molar-refractivity contribution in [1.29, 1.82) is 0 Å². The van der Waals surface area contributed by atoms with Crippen molar-refractivity contribution in [3.63, 3.8) is 0 Å². The Balaban J connectivity index is 1.36. The lowest BCUT2D eigenvalue weighted by Gasteiger charge is -2.23. The first-order chi connectivity index (χ1) is 15.8. The molecule has 1 unspecified atom stereocenters. The average molecular weight is 426 g/mol. The minimum absolute atomic E-state index is 0.0510. The highest BCUT2D eigenvalue weighted by molar-refractivity contribution is 5.87. The monoisotopic (exact) mass is 426 g/mol. The smallest absolute Gasteiger partial charge is 0.245 e. The molecule has 9 nitrogen and oxygen atoms in total. The molecule has 5 aromatic rings. The van der Waals surface area contributed by atoms with Crippen molar-refractivity contribution in [3.8, 4) is 5.69 Å². The Bertz CT molecular complexity index is 1400. The molecule has 1 aliphatic rings. The van der Waals surface area contributed by atoms with Crippen LogP contribution in [0.2, 0.25) is 0 Å². The van der Waals surface area contributed by atoms with Crippen LogP contribution in [0.25, 0.3) is 22.1 Å². The zero-order valence-electron chi connectivity index (χ0n) is 17.3. The number of aliphatic hydroxyl groups excluding tert-OH is 1. The first kappa shape index (κ1) is 18.8. The van der Waals surface area contributed by atoms with E-state index in [1.54, 1.807) is 12.5 Å². The van der Waals surface area contributed by atoms with Gasteiger partial charge in [0.2, 0.25) is 5.95 Å². The number of benzene rings is 1. The predicted octanol–water partition coefficient (Wildman–Crippen LogP) is 3.17. The number of nitrogens with zero attached hydrogens (tertiary/aromatic N) is 7. The molecule has 0 saturated carbocycles. The van der Waals surface area contributed by atoms with E-state index in [1.807, 2.05) is 57.9 Å². The number of rotatable bonds is 5. The number of anilines is 3. The second kappa shape index (κ2) is 7.61. The molecular weight excluding hydrogens is 404 g/mol. The highest BCUT2D eigenvalue weighted by Gasteiger charge is 2.27. The number of pyridine rings is 1. The first-order valence-corrected chi connectivity index (χ1v) is 10.7. The molecule has 1 aliphatic heterocycles. The van der Waals surface area contributed by atoms with Crippen molar-refractivity contribution in [2.75, 3.05) is 23.4 Å². The molecule has 6 rings (SSSR count). The van der Waals surface area contributed by atoms with Gasteiger partial charge in [0.1, 0.15) is 17.7 Å². The summed E-state index contributed by atoms with van der Waals surface area (Å²) in [5.41, 5.74) is 2.81. The molecule has 1 saturated heterocycles. The maximum Gasteiger partial charge on any atom is 0.245 e. The molecule has 1 atom stereocenters. The largest absolute Gasteiger partial charge is 0.394 e. The lowest BCUT2D eigenvalue weighted by Crippen LogP contribution is -2.34. The van der Waals surface area contributed by atoms with E-state index in [9.17, 15) is 5.11 Å². The number of fused-ring (bicyclic) bond motifs is 2. The van der Waals surface area contributed by atoms with Crippen LogP contribution in [0.5, 0.6) is 0 Å². The number of aliphatic hydroxyl groups is 1. The Labute approximate surface area is 184 Å². The van der Waals surface area contributed by atoms with Crippen LogP contribution >= 0.6 is 0 Å². The predicted molar refractivity (Wildman–Crippen MR) is 123 cm³/mol. The van der Waals surface area contributed by atoms with E-state index in [-0.39, 0.29) is 12.6 Å². The van der Waals surface area contributed by atoms with E-state index in [0.717, 1.165) is 41.5 Å². The third-order valence-corrected chi connectivity index (χ3v) is 5.95. The second-order valence-corrected chi connectivity index (χ2v) is 7.91. The fourth-order valence-corrected chi connectivity index (χ4v) is 4.38. The summed E-state index contributed by atoms with van der Waals surface area (Å²) in [5.74, 6) is 1.96. The quantitative estimate of drug-likeness (QED) is 0.446. The molecule has 4 aromatic heterocycles. The van der Waals surface area contributed by atoms with Crippen molar-refractivity contribution in [2.24, 2.45) is 0 Å². The molecule has 9 heteroatoms. The number of hydrogen-bond donors (Lipinski definition) is 2. The maximum atomic E-state index is 9.72. The van der Waals surface area contributed by atoms with Crippen LogP contribution in [0.4, 0.5) is 17.6 Å². The molecule has 160 valence electrons. The highest BCUT2D eigenvalue weighted by atomic mass is 16.3. The second-order valence-electron chi connectivity index (χ2n) is 7.91. The third-order valence-electron chi connectivity index (χ3n) is 5.95. The van der Waals surface area contributed by atoms with E-state index in [4.69, 9.17) is 4.98 Å². The minimum Gasteiger partial charge on any atom is -0.394 e. The van der Waals surface area contributed by atoms with Gasteiger partial charge in [0.15, 0.2) is 5.82 Å². The SMILES string of the molecule is OCC1CCCN1c1nc(Nc2cn(-c3cccc4ncccc34)cn2)c2cccn2n1. The van der Waals surface area contributed by atoms with Gasteiger partial charge in [-0.3, -0.25) is 4.98 Å². The van der Waals surface area contributed by atoms with Crippen LogP contribution in [0.1, 0.15) is 12.8 Å². The highest BCUT2D eigenvalue weighted by Crippen LogP contribution is 2.27. The Kier molecular flexibility index (Phi) is 4.46. The summed E-state index contributed by atoms with van der Waals surface area (Å²) in [6.07, 6.45) is 9.38. The summed E-state index contributed by atoms with van der Waals surface area (Å²) in [4.78, 5) is 15.9. The van der Waals surface area contributed by atoms with Crippen LogP contribution < -0.4 is 10.2 Å². The summed E-state index contributed by atoms with van der Waals surface area (Å²) >= 11 is 0. The maximum absolute atomic E-state index is 9.72. The molecule has 32 heavy (non-hydrogen) atoms. The number of nitrogens with one attached hydrogen (secondary N) is 1. The van der Waals surface area contributed by atoms with Crippen LogP contribution in [0, 0.1) is 0 Å². The molecule has 1 fully saturated rings. The third kappa shape index (κ3) is 3.14. The van der Waals surface area contributed by atoms with E-state index < -0.39 is 0 Å². The standard InChI is InChI=1S/C23H22N8O/c32-14-16-5-3-11-30(16)23-27-22(20-9-4-12-31(20)28-23)26-21-13-29(15-25-21)19-8-1-7-18-17(19)6-2-10-24-18/h1-2,4,6-10,12-13,15-16,32H,3,5,11,14H2,(H,26,27,28). The van der Waals surface area contributed by atoms with Crippen LogP contribution in [0.3, 0.4) is 0 Å². The normalized spacial score (nSPS) is 16.3. The van der Waals surface area contributed by atoms with Gasteiger partial charge in [0.25, 0.3) is 0 Å². The van der Waals surface area contributed by atoms with Crippen LogP contribution in [0.15, 0.2) is 67.4 Å². The molecule has 5 heterocycles. The summed E-state index contributed by atoms with van der Waals surface area (Å²) in [6.45, 7) is 0.932. The van der Waals surface area contributed by atoms with Crippen molar-refractivity contribution in [3.05, 3.63) is 67.4 Å². The van der Waals surface area contributed by atoms with Crippen LogP contribution in [-0.2, 0) is 0 Å². The van der Waals surface area contributed by atoms with Gasteiger partial charge in [-0.25, -0.2) is 9.50 Å². The fourth-order valence-electron chi connectivity index (χ4n) is 4.38. The van der Waals surface area contributed by atoms with E-state index in [0.29, 0.717) is 17.6 Å². The van der Waals surface area contributed by atoms with Gasteiger partial charge in [-0.2, -0.15) is 4.98 Å². The molecule has 1 aromatic carbocycles. The van der Waals surface area contributed by atoms with Gasteiger partial charge in [-0.1, -0.05) is 6.07 Å². The van der Waals surface area contributed by atoms with Gasteiger partial charge >= 0.3 is 0 Å². The van der Waals surface area contributed by atoms with E-state index in [1.165, 1.54) is 0 Å². The van der Waals surface area contributed by atoms with Gasteiger partial charge in [-0.05, 0) is 49.2 Å². The average Bonchev–Trinajstić information content (AvgIpc) is 3.58. The Morgan fingerprint density at radius 3 is 3.00 bits per heavy atom. The number of aromatic nitrogens is 6. The Morgan fingerprint density at radius 1 is 1.09 bits per heavy atom. The summed E-state index contributed by atoms with van der Waals surface area (Å²) in [7, 11) is 0. The summed E-state index contributed by atoms with van der Waals surface area (Å²) in [5, 5.41) is 18.8. The van der Waals surface area contributed by atoms with E-state index in [2.05, 4.69) is 31.3 Å². The Morgan fingerprint density at radius 2 is 2.06 bits per heavy atom. The lowest BCUT2D eigenvalue weighted by atomic mass is 10.2. The molecular formula is C23H22N8O. The molecule has 0 bridgehead atoms. The number of imidazole rings is 1. The minimum atomic E-state index is 0.0510. The molecule has 0 spiro atoms. The van der Waals surface area contributed by atoms with Crippen molar-refractivity contribution < 1.29 is 5.11 Å². The van der Waals surface area contributed by atoms with Gasteiger partial charge in [0.05, 0.1) is 30.0 Å². The lowest BCUT2D eigenvalue weighted by molar-refractivity contribution is 0.265. The fraction of sp³-hybridized carbons (Fsp3) is 0.217. The van der Waals surface area contributed by atoms with Gasteiger partial charge in [-0.15, -0.1) is 5.10 Å². The topological polar surface area (TPSA) is 96.4 Å². The van der Waals surface area contributed by atoms with Crippen LogP contribution in [-0.4, -0.2) is 53.4 Å². The van der Waals surface area contributed by atoms with Gasteiger partial charge < -0.3 is 19.9 Å². The Hall–Kier alpha value is -3.98. The van der Waals surface area contributed by atoms with Crippen molar-refractivity contribution in [1.82, 2.24) is 29.1 Å². The summed E-state index contributed by atoms with van der Waals surface area (Å²) < 4.78 is 3.79. The molecule has 0 radical (unpaired) electrons. The molecule has 0 amide bonds. The van der Waals surface area contributed by atoms with E-state index >= 15 is 0 Å². The zero-order valence-corrected chi connectivity index (χ0v) is 17.3. The number of hydrogen-bond acceptors (Lipinski definition) is 7. The molecule has 0 aliphatic carbocycles. The van der Waals surface area contributed by atoms with Crippen molar-refractivity contribution in [2.45, 2.75) is 18.9 Å². The molecule has 2 N–H and O–H groups in total. The van der Waals surface area contributed by atoms with Crippen molar-refractivity contribution >= 4 is 34.0 Å². The first-order valence-electron chi connectivity index (χ1n) is 10.7. The zero-order chi connectivity index (χ0) is 21.5. The summed E-state index contributed by atoms with van der Waals surface area (Å²) in [6, 6.07) is 14.0.